The van der Waals surface area contributed by atoms with E-state index in [0.717, 1.165) is 12.8 Å². The predicted octanol–water partition coefficient (Wildman–Crippen LogP) is 2.71. The van der Waals surface area contributed by atoms with E-state index in [1.807, 2.05) is 6.92 Å². The fourth-order valence-corrected chi connectivity index (χ4v) is 1.49. The zero-order valence-electron chi connectivity index (χ0n) is 9.00. The molecule has 0 aliphatic rings. The Kier molecular flexibility index (Phi) is 5.63. The first-order valence-corrected chi connectivity index (χ1v) is 6.00. The van der Waals surface area contributed by atoms with Crippen LogP contribution in [-0.4, -0.2) is 27.6 Å². The van der Waals surface area contributed by atoms with Crippen molar-refractivity contribution in [3.8, 4) is 0 Å². The van der Waals surface area contributed by atoms with Crippen LogP contribution in [-0.2, 0) is 11.2 Å². The summed E-state index contributed by atoms with van der Waals surface area (Å²) in [5, 5.41) is 6.47. The monoisotopic (exact) mass is 264 g/mol. The standard InChI is InChI=1S/C10H14Cl2N2O2/c1-2-3-4-16-10(15)7-6-13-14-8(7)5-9(11)12/h6,9H,2-5H2,1H3,(H,13,14). The Hall–Kier alpha value is -0.740. The molecule has 0 spiro atoms. The Morgan fingerprint density at radius 1 is 1.62 bits per heavy atom. The number of unbranched alkanes of at least 4 members (excludes halogenated alkanes) is 1. The van der Waals surface area contributed by atoms with E-state index >= 15 is 0 Å². The molecular weight excluding hydrogens is 251 g/mol. The summed E-state index contributed by atoms with van der Waals surface area (Å²) in [4.78, 5) is 11.0. The Morgan fingerprint density at radius 2 is 2.38 bits per heavy atom. The number of carbonyl (C=O) groups excluding carboxylic acids is 1. The lowest BCUT2D eigenvalue weighted by molar-refractivity contribution is 0.0498. The van der Waals surface area contributed by atoms with Crippen LogP contribution < -0.4 is 0 Å². The van der Waals surface area contributed by atoms with Gasteiger partial charge in [-0.05, 0) is 6.42 Å². The largest absolute Gasteiger partial charge is 0.462 e. The van der Waals surface area contributed by atoms with Crippen LogP contribution in [0.4, 0.5) is 0 Å². The molecule has 0 aromatic carbocycles. The molecule has 0 saturated heterocycles. The minimum Gasteiger partial charge on any atom is -0.462 e. The van der Waals surface area contributed by atoms with Crippen molar-refractivity contribution in [3.05, 3.63) is 17.5 Å². The molecule has 0 fully saturated rings. The average molecular weight is 265 g/mol. The molecule has 0 bridgehead atoms. The van der Waals surface area contributed by atoms with Gasteiger partial charge in [-0.2, -0.15) is 5.10 Å². The van der Waals surface area contributed by atoms with Crippen molar-refractivity contribution in [3.63, 3.8) is 0 Å². The van der Waals surface area contributed by atoms with E-state index in [4.69, 9.17) is 27.9 Å². The quantitative estimate of drug-likeness (QED) is 0.488. The number of alkyl halides is 2. The number of halogens is 2. The molecule has 1 heterocycles. The van der Waals surface area contributed by atoms with E-state index in [0.29, 0.717) is 24.3 Å². The SMILES string of the molecule is CCCCOC(=O)c1cn[nH]c1CC(Cl)Cl. The van der Waals surface area contributed by atoms with Gasteiger partial charge in [0.25, 0.3) is 0 Å². The summed E-state index contributed by atoms with van der Waals surface area (Å²) in [5.41, 5.74) is 1.01. The van der Waals surface area contributed by atoms with Crippen molar-refractivity contribution in [1.82, 2.24) is 10.2 Å². The van der Waals surface area contributed by atoms with Gasteiger partial charge < -0.3 is 4.74 Å². The zero-order chi connectivity index (χ0) is 12.0. The number of nitrogens with zero attached hydrogens (tertiary/aromatic N) is 1. The summed E-state index contributed by atoms with van der Waals surface area (Å²) < 4.78 is 5.06. The molecule has 16 heavy (non-hydrogen) atoms. The summed E-state index contributed by atoms with van der Waals surface area (Å²) >= 11 is 11.3. The number of hydrogen-bond donors (Lipinski definition) is 1. The van der Waals surface area contributed by atoms with E-state index in [1.54, 1.807) is 0 Å². The first kappa shape index (κ1) is 13.3. The molecule has 4 nitrogen and oxygen atoms in total. The third-order valence-corrected chi connectivity index (χ3v) is 2.34. The van der Waals surface area contributed by atoms with Crippen LogP contribution in [0.5, 0.6) is 0 Å². The van der Waals surface area contributed by atoms with Gasteiger partial charge in [0.1, 0.15) is 10.4 Å². The predicted molar refractivity (Wildman–Crippen MR) is 63.0 cm³/mol. The molecule has 0 atom stereocenters. The number of ether oxygens (including phenoxy) is 1. The Labute approximate surface area is 104 Å². The highest BCUT2D eigenvalue weighted by Gasteiger charge is 2.16. The number of aromatic nitrogens is 2. The van der Waals surface area contributed by atoms with Crippen LogP contribution in [0.2, 0.25) is 0 Å². The summed E-state index contributed by atoms with van der Waals surface area (Å²) in [6, 6.07) is 0. The second-order valence-corrected chi connectivity index (χ2v) is 4.62. The van der Waals surface area contributed by atoms with Crippen molar-refractivity contribution in [1.29, 1.82) is 0 Å². The number of nitrogens with one attached hydrogen (secondary N) is 1. The summed E-state index contributed by atoms with van der Waals surface area (Å²) in [7, 11) is 0. The second kappa shape index (κ2) is 6.76. The first-order chi connectivity index (χ1) is 7.65. The van der Waals surface area contributed by atoms with Gasteiger partial charge in [-0.15, -0.1) is 23.2 Å². The van der Waals surface area contributed by atoms with Crippen molar-refractivity contribution in [2.75, 3.05) is 6.61 Å². The third-order valence-electron chi connectivity index (χ3n) is 2.03. The van der Waals surface area contributed by atoms with Crippen molar-refractivity contribution in [2.45, 2.75) is 31.0 Å². The van der Waals surface area contributed by atoms with Gasteiger partial charge in [0.05, 0.1) is 18.5 Å². The van der Waals surface area contributed by atoms with Crippen LogP contribution in [0, 0.1) is 0 Å². The molecular formula is C10H14Cl2N2O2. The lowest BCUT2D eigenvalue weighted by Crippen LogP contribution is -2.09. The van der Waals surface area contributed by atoms with Gasteiger partial charge in [-0.3, -0.25) is 5.10 Å². The molecule has 90 valence electrons. The number of hydrogen-bond acceptors (Lipinski definition) is 3. The number of aromatic amines is 1. The van der Waals surface area contributed by atoms with Crippen molar-refractivity contribution >= 4 is 29.2 Å². The average Bonchev–Trinajstić information content (AvgIpc) is 2.65. The minimum absolute atomic E-state index is 0.349. The smallest absolute Gasteiger partial charge is 0.341 e. The van der Waals surface area contributed by atoms with Crippen LogP contribution in [0.1, 0.15) is 35.8 Å². The Morgan fingerprint density at radius 3 is 3.00 bits per heavy atom. The number of esters is 1. The normalized spacial score (nSPS) is 10.8. The highest BCUT2D eigenvalue weighted by atomic mass is 35.5. The zero-order valence-corrected chi connectivity index (χ0v) is 10.5. The molecule has 0 aliphatic carbocycles. The summed E-state index contributed by atoms with van der Waals surface area (Å²) in [6.07, 6.45) is 3.62. The molecule has 6 heteroatoms. The molecule has 1 aromatic heterocycles. The van der Waals surface area contributed by atoms with Crippen molar-refractivity contribution < 1.29 is 9.53 Å². The van der Waals surface area contributed by atoms with E-state index in [-0.39, 0.29) is 5.97 Å². The highest BCUT2D eigenvalue weighted by Crippen LogP contribution is 2.14. The van der Waals surface area contributed by atoms with Crippen LogP contribution >= 0.6 is 23.2 Å². The maximum Gasteiger partial charge on any atom is 0.341 e. The van der Waals surface area contributed by atoms with Crippen LogP contribution in [0.15, 0.2) is 6.20 Å². The molecule has 0 unspecified atom stereocenters. The first-order valence-electron chi connectivity index (χ1n) is 5.12. The minimum atomic E-state index is -0.567. The van der Waals surface area contributed by atoms with Gasteiger partial charge in [0.15, 0.2) is 0 Å². The maximum atomic E-state index is 11.6. The van der Waals surface area contributed by atoms with E-state index < -0.39 is 4.84 Å². The number of rotatable bonds is 6. The highest BCUT2D eigenvalue weighted by molar-refractivity contribution is 6.44. The molecule has 1 N–H and O–H groups in total. The van der Waals surface area contributed by atoms with Gasteiger partial charge in [0.2, 0.25) is 0 Å². The Bertz CT molecular complexity index is 339. The molecule has 0 aliphatic heterocycles. The van der Waals surface area contributed by atoms with E-state index in [9.17, 15) is 4.79 Å². The van der Waals surface area contributed by atoms with Gasteiger partial charge in [0, 0.05) is 6.42 Å². The topological polar surface area (TPSA) is 55.0 Å². The molecule has 0 radical (unpaired) electrons. The molecule has 0 saturated carbocycles. The Balaban J connectivity index is 2.57. The van der Waals surface area contributed by atoms with Gasteiger partial charge in [-0.1, -0.05) is 13.3 Å². The molecule has 1 rings (SSSR count). The van der Waals surface area contributed by atoms with Gasteiger partial charge >= 0.3 is 5.97 Å². The lowest BCUT2D eigenvalue weighted by Gasteiger charge is -2.04. The molecule has 1 aromatic rings. The van der Waals surface area contributed by atoms with Gasteiger partial charge in [-0.25, -0.2) is 4.79 Å². The number of H-pyrrole nitrogens is 1. The summed E-state index contributed by atoms with van der Waals surface area (Å²) in [5.74, 6) is -0.383. The number of carbonyl (C=O) groups is 1. The van der Waals surface area contributed by atoms with Crippen LogP contribution in [0.3, 0.4) is 0 Å². The third kappa shape index (κ3) is 4.02. The van der Waals surface area contributed by atoms with E-state index in [1.165, 1.54) is 6.20 Å². The summed E-state index contributed by atoms with van der Waals surface area (Å²) in [6.45, 7) is 2.45. The lowest BCUT2D eigenvalue weighted by atomic mass is 10.2. The van der Waals surface area contributed by atoms with E-state index in [2.05, 4.69) is 10.2 Å². The fourth-order valence-electron chi connectivity index (χ4n) is 1.19. The van der Waals surface area contributed by atoms with Crippen molar-refractivity contribution in [2.24, 2.45) is 0 Å². The second-order valence-electron chi connectivity index (χ2n) is 3.35. The fraction of sp³-hybridized carbons (Fsp3) is 0.600. The molecule has 0 amide bonds. The van der Waals surface area contributed by atoms with Crippen LogP contribution in [0.25, 0.3) is 0 Å². The maximum absolute atomic E-state index is 11.6.